The smallest absolute Gasteiger partial charge is 0.469 e. The lowest BCUT2D eigenvalue weighted by molar-refractivity contribution is -0.139. The number of benzene rings is 1. The third-order valence-electron chi connectivity index (χ3n) is 10.7. The fraction of sp³-hybridized carbons (Fsp3) is 0.548. The van der Waals surface area contributed by atoms with E-state index >= 15 is 0 Å². The van der Waals surface area contributed by atoms with Crippen molar-refractivity contribution in [3.05, 3.63) is 52.5 Å². The van der Waals surface area contributed by atoms with Gasteiger partial charge in [-0.3, -0.25) is 33.3 Å². The summed E-state index contributed by atoms with van der Waals surface area (Å²) in [5.74, 6) is -4.33. The largest absolute Gasteiger partial charge is 0.497 e. The van der Waals surface area contributed by atoms with E-state index in [0.29, 0.717) is 67.5 Å². The molecule has 3 aromatic rings. The number of imidazole rings is 1. The third kappa shape index (κ3) is 18.0. The van der Waals surface area contributed by atoms with Gasteiger partial charge in [0.15, 0.2) is 10.3 Å². The first-order valence-electron chi connectivity index (χ1n) is 22.0. The van der Waals surface area contributed by atoms with Crippen LogP contribution in [-0.4, -0.2) is 139 Å². The van der Waals surface area contributed by atoms with Gasteiger partial charge >= 0.3 is 7.82 Å². The van der Waals surface area contributed by atoms with Gasteiger partial charge in [0.25, 0.3) is 0 Å². The molecule has 0 saturated carbocycles. The number of aromatic nitrogens is 3. The summed E-state index contributed by atoms with van der Waals surface area (Å²) in [5.41, 5.74) is 6.65. The molecule has 3 heterocycles. The number of nitrogens with zero attached hydrogens (tertiary/aromatic N) is 5. The van der Waals surface area contributed by atoms with Crippen molar-refractivity contribution in [3.8, 4) is 5.75 Å². The van der Waals surface area contributed by atoms with Gasteiger partial charge in [0, 0.05) is 44.0 Å². The lowest BCUT2D eigenvalue weighted by atomic mass is 10.0. The summed E-state index contributed by atoms with van der Waals surface area (Å²) in [6.07, 6.45) is 5.82. The quantitative estimate of drug-likeness (QED) is 0.0215. The minimum Gasteiger partial charge on any atom is -0.497 e. The summed E-state index contributed by atoms with van der Waals surface area (Å²) < 4.78 is 22.9. The average molecular weight is 1030 g/mol. The molecule has 1 saturated heterocycles. The molecule has 4 rings (SSSR count). The highest BCUT2D eigenvalue weighted by Gasteiger charge is 2.37. The first kappa shape index (κ1) is 55.9. The minimum absolute atomic E-state index is 0.115. The molecule has 1 aromatic carbocycles. The maximum Gasteiger partial charge on any atom is 0.469 e. The van der Waals surface area contributed by atoms with E-state index in [-0.39, 0.29) is 29.8 Å². The van der Waals surface area contributed by atoms with Crippen molar-refractivity contribution in [2.24, 2.45) is 16.8 Å². The number of likely N-dealkylation sites (tertiary alicyclic amines) is 1. The Morgan fingerprint density at radius 3 is 2.32 bits per heavy atom. The van der Waals surface area contributed by atoms with Crippen LogP contribution in [0.15, 0.2) is 41.9 Å². The Labute approximate surface area is 407 Å². The van der Waals surface area contributed by atoms with Crippen molar-refractivity contribution in [1.29, 1.82) is 0 Å². The number of halogens is 1. The van der Waals surface area contributed by atoms with E-state index in [4.69, 9.17) is 26.9 Å². The van der Waals surface area contributed by atoms with E-state index in [1.165, 1.54) is 35.6 Å². The fourth-order valence-corrected chi connectivity index (χ4v) is 8.82. The number of aliphatic hydroxyl groups is 1. The van der Waals surface area contributed by atoms with Crippen LogP contribution in [-0.2, 0) is 55.7 Å². The normalized spacial score (nSPS) is 16.0. The number of hydrogen-bond acceptors (Lipinski definition) is 16. The van der Waals surface area contributed by atoms with E-state index in [2.05, 4.69) is 46.2 Å². The Hall–Kier alpha value is -5.69. The number of carbonyl (C=O) groups is 6. The second-order valence-electron chi connectivity index (χ2n) is 16.5. The second-order valence-corrected chi connectivity index (χ2v) is 19.1. The molecule has 1 aliphatic heterocycles. The Morgan fingerprint density at radius 2 is 1.68 bits per heavy atom. The summed E-state index contributed by atoms with van der Waals surface area (Å²) in [4.78, 5) is 114. The topological polar surface area (TPSA) is 340 Å². The molecule has 6 atom stereocenters. The summed E-state index contributed by atoms with van der Waals surface area (Å²) in [6, 6.07) is 0.380. The van der Waals surface area contributed by atoms with E-state index in [1.807, 2.05) is 38.1 Å². The molecule has 0 aliphatic carbocycles. The number of rotatable bonds is 28. The molecule has 0 unspecified atom stereocenters. The van der Waals surface area contributed by atoms with Crippen LogP contribution in [0.25, 0.3) is 0 Å². The molecular weight excluding hydrogens is 965 g/mol. The number of ether oxygens (including phenoxy) is 1. The van der Waals surface area contributed by atoms with Crippen LogP contribution in [0.4, 0.5) is 10.8 Å². The van der Waals surface area contributed by atoms with Gasteiger partial charge in [-0.15, -0.1) is 0 Å². The molecule has 0 bridgehead atoms. The first-order valence-corrected chi connectivity index (χ1v) is 24.8. The molecule has 380 valence electrons. The standard InChI is InChI=1S/C42H61ClN11O13PS/c1-24(2)18-30(49-41(61)33-10-9-16-54(33)26(4)56)38(58)48-31(39(59)50-32(22-55)40(60)51-35(37(44)57)25(3)67-68(62,63)64)19-28-20-45-23-53(28)15-7-6-8-17-66-46-21-34-36(43)52-42(69-34)47-27-11-13-29(65-5)14-12-27/h11-14,20-21,23-25,30-33,35,55H,6-10,15-19,22H2,1-5H3,(H2,44,57)(H,47,52)(H,48,58)(H,49,61)(H,50,59)(H,51,60)(H2,62,63,64)/b46-21+/t25-,30+,31+,32+,33+,35+/m1/s1. The van der Waals surface area contributed by atoms with Crippen LogP contribution >= 0.6 is 30.8 Å². The fourth-order valence-electron chi connectivity index (χ4n) is 7.22. The third-order valence-corrected chi connectivity index (χ3v) is 12.6. The molecule has 24 nitrogen and oxygen atoms in total. The highest BCUT2D eigenvalue weighted by molar-refractivity contribution is 7.46. The molecule has 1 fully saturated rings. The molecule has 27 heteroatoms. The van der Waals surface area contributed by atoms with E-state index in [9.17, 15) is 48.2 Å². The first-order chi connectivity index (χ1) is 32.7. The number of oxime groups is 1. The van der Waals surface area contributed by atoms with Crippen molar-refractivity contribution in [2.75, 3.05) is 32.2 Å². The molecule has 69 heavy (non-hydrogen) atoms. The number of aryl methyl sites for hydroxylation is 1. The lowest BCUT2D eigenvalue weighted by Crippen LogP contribution is -2.61. The number of nitrogens with two attached hydrogens (primary N) is 1. The molecule has 1 aliphatic rings. The second kappa shape index (κ2) is 26.9. The van der Waals surface area contributed by atoms with Crippen LogP contribution in [0.2, 0.25) is 5.15 Å². The van der Waals surface area contributed by atoms with Crippen molar-refractivity contribution in [1.82, 2.24) is 40.7 Å². The Bertz CT molecular complexity index is 2290. The summed E-state index contributed by atoms with van der Waals surface area (Å²) in [7, 11) is -3.55. The number of primary amides is 1. The predicted octanol–water partition coefficient (Wildman–Crippen LogP) is 1.48. The summed E-state index contributed by atoms with van der Waals surface area (Å²) >= 11 is 7.60. The molecular formula is C42H61ClN11O13PS. The minimum atomic E-state index is -5.14. The van der Waals surface area contributed by atoms with Crippen molar-refractivity contribution in [2.45, 2.75) is 115 Å². The zero-order valence-electron chi connectivity index (χ0n) is 38.8. The highest BCUT2D eigenvalue weighted by Crippen LogP contribution is 2.38. The zero-order chi connectivity index (χ0) is 50.8. The molecule has 0 radical (unpaired) electrons. The van der Waals surface area contributed by atoms with Crippen molar-refractivity contribution >= 4 is 83.2 Å². The summed E-state index contributed by atoms with van der Waals surface area (Å²) in [5, 5.41) is 28.2. The van der Waals surface area contributed by atoms with Crippen molar-refractivity contribution < 1.29 is 62.3 Å². The number of methoxy groups -OCH3 is 1. The highest BCUT2D eigenvalue weighted by atomic mass is 35.5. The number of thiazole rings is 1. The number of unbranched alkanes of at least 4 members (excludes halogenated alkanes) is 2. The maximum absolute atomic E-state index is 14.1. The number of hydrogen-bond donors (Lipinski definition) is 9. The maximum atomic E-state index is 14.1. The van der Waals surface area contributed by atoms with Gasteiger partial charge < -0.3 is 66.3 Å². The monoisotopic (exact) mass is 1030 g/mol. The van der Waals surface area contributed by atoms with Gasteiger partial charge in [-0.2, -0.15) is 0 Å². The van der Waals surface area contributed by atoms with Gasteiger partial charge in [-0.25, -0.2) is 14.5 Å². The zero-order valence-corrected chi connectivity index (χ0v) is 41.3. The van der Waals surface area contributed by atoms with Crippen LogP contribution < -0.4 is 37.1 Å². The van der Waals surface area contributed by atoms with Gasteiger partial charge in [0.2, 0.25) is 35.4 Å². The van der Waals surface area contributed by atoms with Gasteiger partial charge in [0.05, 0.1) is 37.2 Å². The Balaban J connectivity index is 1.42. The average Bonchev–Trinajstić information content (AvgIpc) is 4.04. The number of nitrogens with one attached hydrogen (secondary N) is 5. The van der Waals surface area contributed by atoms with Crippen LogP contribution in [0.3, 0.4) is 0 Å². The van der Waals surface area contributed by atoms with Crippen LogP contribution in [0.5, 0.6) is 5.75 Å². The Kier molecular flexibility index (Phi) is 21.8. The number of aliphatic hydroxyl groups excluding tert-OH is 1. The summed E-state index contributed by atoms with van der Waals surface area (Å²) in [6.45, 7) is 6.19. The number of anilines is 2. The van der Waals surface area contributed by atoms with Crippen LogP contribution in [0, 0.1) is 5.92 Å². The SMILES string of the molecule is COc1ccc(Nc2nc(Cl)c(/C=N/OCCCCCn3cncc3C[C@H](NC(=O)[C@H](CC(C)C)NC(=O)[C@@H]3CCCN3C(C)=O)C(=O)N[C@@H](CO)C(=O)N[C@H](C(N)=O)[C@@H](C)OP(=O)(O)O)s2)cc1. The van der Waals surface area contributed by atoms with Gasteiger partial charge in [-0.1, -0.05) is 41.9 Å². The van der Waals surface area contributed by atoms with Crippen molar-refractivity contribution in [3.63, 3.8) is 0 Å². The number of phosphoric acid groups is 1. The van der Waals surface area contributed by atoms with Crippen LogP contribution in [0.1, 0.15) is 76.8 Å². The van der Waals surface area contributed by atoms with E-state index < -0.39 is 80.3 Å². The van der Waals surface area contributed by atoms with E-state index in [0.717, 1.165) is 18.4 Å². The van der Waals surface area contributed by atoms with Gasteiger partial charge in [0.1, 0.15) is 42.6 Å². The number of amides is 6. The predicted molar refractivity (Wildman–Crippen MR) is 253 cm³/mol. The van der Waals surface area contributed by atoms with E-state index in [1.54, 1.807) is 18.0 Å². The number of phosphoric ester groups is 1. The molecule has 2 aromatic heterocycles. The Morgan fingerprint density at radius 1 is 1.00 bits per heavy atom. The lowest BCUT2D eigenvalue weighted by Gasteiger charge is -2.28. The molecule has 10 N–H and O–H groups in total. The van der Waals surface area contributed by atoms with Gasteiger partial charge in [-0.05, 0) is 75.6 Å². The number of carbonyl (C=O) groups excluding carboxylic acids is 6. The molecule has 6 amide bonds. The molecule has 0 spiro atoms.